The Morgan fingerprint density at radius 3 is 2.27 bits per heavy atom. The van der Waals surface area contributed by atoms with Crippen molar-refractivity contribution in [3.63, 3.8) is 0 Å². The molecule has 68 valence electrons. The lowest BCUT2D eigenvalue weighted by Gasteiger charge is -2.15. The summed E-state index contributed by atoms with van der Waals surface area (Å²) in [5.41, 5.74) is 0. The third-order valence-corrected chi connectivity index (χ3v) is 4.69. The standard InChI is InChI=1S/C7H16Cl2OSi/c1-3-5-7-11(8,9)10-6-4-2/h3-7H2,1-2H3. The fraction of sp³-hybridized carbons (Fsp3) is 1.00. The summed E-state index contributed by atoms with van der Waals surface area (Å²) < 4.78 is 5.35. The molecule has 11 heavy (non-hydrogen) atoms. The van der Waals surface area contributed by atoms with E-state index in [1.54, 1.807) is 0 Å². The topological polar surface area (TPSA) is 9.23 Å². The number of rotatable bonds is 6. The molecule has 0 bridgehead atoms. The summed E-state index contributed by atoms with van der Waals surface area (Å²) in [5, 5.41) is 0. The zero-order valence-corrected chi connectivity index (χ0v) is 9.71. The highest BCUT2D eigenvalue weighted by atomic mass is 35.7. The van der Waals surface area contributed by atoms with Gasteiger partial charge < -0.3 is 4.43 Å². The van der Waals surface area contributed by atoms with E-state index in [4.69, 9.17) is 26.6 Å². The fourth-order valence-electron chi connectivity index (χ4n) is 0.706. The monoisotopic (exact) mass is 214 g/mol. The Hall–Kier alpha value is 0.757. The van der Waals surface area contributed by atoms with Crippen molar-refractivity contribution < 1.29 is 4.43 Å². The van der Waals surface area contributed by atoms with E-state index in [0.717, 1.165) is 25.3 Å². The van der Waals surface area contributed by atoms with Crippen LogP contribution in [0.3, 0.4) is 0 Å². The van der Waals surface area contributed by atoms with Gasteiger partial charge in [-0.2, -0.15) is 0 Å². The summed E-state index contributed by atoms with van der Waals surface area (Å²) in [5.74, 6) is 0. The highest BCUT2D eigenvalue weighted by molar-refractivity contribution is 7.42. The number of hydrogen-bond donors (Lipinski definition) is 0. The van der Waals surface area contributed by atoms with E-state index >= 15 is 0 Å². The summed E-state index contributed by atoms with van der Waals surface area (Å²) in [6, 6.07) is 0.854. The van der Waals surface area contributed by atoms with Crippen molar-refractivity contribution in [1.82, 2.24) is 0 Å². The molecule has 0 amide bonds. The minimum atomic E-state index is -2.30. The first-order valence-corrected chi connectivity index (χ1v) is 8.28. The average Bonchev–Trinajstić information content (AvgIpc) is 1.97. The van der Waals surface area contributed by atoms with Crippen LogP contribution in [-0.4, -0.2) is 13.5 Å². The van der Waals surface area contributed by atoms with E-state index in [1.807, 2.05) is 0 Å². The molecule has 0 saturated carbocycles. The molecule has 0 unspecified atom stereocenters. The second-order valence-corrected chi connectivity index (χ2v) is 8.90. The maximum atomic E-state index is 5.98. The van der Waals surface area contributed by atoms with Crippen LogP contribution in [0.5, 0.6) is 0 Å². The Labute approximate surface area is 79.6 Å². The minimum Gasteiger partial charge on any atom is -0.392 e. The molecule has 0 spiro atoms. The molecule has 0 radical (unpaired) electrons. The smallest absolute Gasteiger partial charge is 0.389 e. The third kappa shape index (κ3) is 7.13. The molecule has 0 aromatic carbocycles. The van der Waals surface area contributed by atoms with Crippen molar-refractivity contribution in [2.45, 2.75) is 39.2 Å². The van der Waals surface area contributed by atoms with Crippen LogP contribution in [0.4, 0.5) is 0 Å². The predicted molar refractivity (Wildman–Crippen MR) is 53.4 cm³/mol. The van der Waals surface area contributed by atoms with Crippen LogP contribution in [0.1, 0.15) is 33.1 Å². The summed E-state index contributed by atoms with van der Waals surface area (Å²) in [6.45, 7) is 2.57. The molecular weight excluding hydrogens is 199 g/mol. The van der Waals surface area contributed by atoms with Gasteiger partial charge in [0.25, 0.3) is 0 Å². The molecule has 0 saturated heterocycles. The van der Waals surface area contributed by atoms with E-state index in [0.29, 0.717) is 6.61 Å². The van der Waals surface area contributed by atoms with Crippen LogP contribution in [0, 0.1) is 0 Å². The van der Waals surface area contributed by atoms with Crippen molar-refractivity contribution in [2.75, 3.05) is 6.61 Å². The van der Waals surface area contributed by atoms with Crippen molar-refractivity contribution in [1.29, 1.82) is 0 Å². The van der Waals surface area contributed by atoms with Crippen LogP contribution < -0.4 is 0 Å². The Morgan fingerprint density at radius 2 is 1.82 bits per heavy atom. The molecule has 4 heteroatoms. The van der Waals surface area contributed by atoms with Gasteiger partial charge in [-0.15, -0.1) is 22.2 Å². The molecule has 0 aromatic rings. The summed E-state index contributed by atoms with van der Waals surface area (Å²) in [4.78, 5) is 0. The Morgan fingerprint density at radius 1 is 1.18 bits per heavy atom. The number of hydrogen-bond acceptors (Lipinski definition) is 1. The van der Waals surface area contributed by atoms with Gasteiger partial charge in [0.2, 0.25) is 0 Å². The molecule has 0 aliphatic rings. The largest absolute Gasteiger partial charge is 0.392 e. The predicted octanol–water partition coefficient (Wildman–Crippen LogP) is 3.63. The molecule has 1 nitrogen and oxygen atoms in total. The third-order valence-electron chi connectivity index (χ3n) is 1.34. The zero-order chi connectivity index (χ0) is 8.74. The maximum Gasteiger partial charge on any atom is 0.389 e. The van der Waals surface area contributed by atoms with Gasteiger partial charge >= 0.3 is 6.94 Å². The highest BCUT2D eigenvalue weighted by Crippen LogP contribution is 2.24. The molecule has 0 aliphatic carbocycles. The Kier molecular flexibility index (Phi) is 6.73. The minimum absolute atomic E-state index is 0.697. The second kappa shape index (κ2) is 6.29. The summed E-state index contributed by atoms with van der Waals surface area (Å²) >= 11 is 12.0. The van der Waals surface area contributed by atoms with Gasteiger partial charge in [0, 0.05) is 6.61 Å². The van der Waals surface area contributed by atoms with E-state index in [1.165, 1.54) is 0 Å². The first-order valence-electron chi connectivity index (χ1n) is 4.14. The van der Waals surface area contributed by atoms with Gasteiger partial charge in [-0.3, -0.25) is 0 Å². The van der Waals surface area contributed by atoms with Crippen molar-refractivity contribution in [3.8, 4) is 0 Å². The number of halogens is 2. The molecule has 0 fully saturated rings. The normalized spacial score (nSPS) is 12.0. The van der Waals surface area contributed by atoms with Crippen LogP contribution in [0.15, 0.2) is 0 Å². The van der Waals surface area contributed by atoms with Crippen LogP contribution in [0.25, 0.3) is 0 Å². The van der Waals surface area contributed by atoms with Gasteiger partial charge in [0.05, 0.1) is 0 Å². The van der Waals surface area contributed by atoms with E-state index in [2.05, 4.69) is 13.8 Å². The SMILES string of the molecule is CCCC[Si](Cl)(Cl)OCCC. The van der Waals surface area contributed by atoms with Crippen molar-refractivity contribution in [2.24, 2.45) is 0 Å². The van der Waals surface area contributed by atoms with Gasteiger partial charge in [-0.1, -0.05) is 26.7 Å². The van der Waals surface area contributed by atoms with E-state index in [-0.39, 0.29) is 0 Å². The molecule has 0 rings (SSSR count). The Bertz CT molecular complexity index is 88.4. The lowest BCUT2D eigenvalue weighted by atomic mass is 10.4. The lowest BCUT2D eigenvalue weighted by molar-refractivity contribution is 0.323. The van der Waals surface area contributed by atoms with E-state index in [9.17, 15) is 0 Å². The van der Waals surface area contributed by atoms with E-state index < -0.39 is 6.94 Å². The number of unbranched alkanes of at least 4 members (excludes halogenated alkanes) is 1. The molecule has 0 aromatic heterocycles. The fourth-order valence-corrected chi connectivity index (χ4v) is 3.38. The first kappa shape index (κ1) is 11.8. The lowest BCUT2D eigenvalue weighted by Crippen LogP contribution is -2.24. The highest BCUT2D eigenvalue weighted by Gasteiger charge is 2.28. The first-order chi connectivity index (χ1) is 5.12. The Balaban J connectivity index is 3.43. The van der Waals surface area contributed by atoms with Crippen LogP contribution in [0.2, 0.25) is 6.04 Å². The maximum absolute atomic E-state index is 5.98. The van der Waals surface area contributed by atoms with Crippen LogP contribution >= 0.6 is 22.2 Å². The molecular formula is C7H16Cl2OSi. The average molecular weight is 215 g/mol. The summed E-state index contributed by atoms with van der Waals surface area (Å²) in [6.07, 6.45) is 3.19. The van der Waals surface area contributed by atoms with Gasteiger partial charge in [-0.25, -0.2) is 0 Å². The summed E-state index contributed by atoms with van der Waals surface area (Å²) in [7, 11) is 0. The van der Waals surface area contributed by atoms with Crippen LogP contribution in [-0.2, 0) is 4.43 Å². The molecule has 0 heterocycles. The molecule has 0 aliphatic heterocycles. The van der Waals surface area contributed by atoms with Gasteiger partial charge in [-0.05, 0) is 12.5 Å². The second-order valence-electron chi connectivity index (χ2n) is 2.59. The van der Waals surface area contributed by atoms with Crippen molar-refractivity contribution >= 4 is 29.1 Å². The zero-order valence-electron chi connectivity index (χ0n) is 7.20. The molecule has 0 N–H and O–H groups in total. The quantitative estimate of drug-likeness (QED) is 0.485. The molecule has 0 atom stereocenters. The van der Waals surface area contributed by atoms with Gasteiger partial charge in [0.15, 0.2) is 0 Å². The van der Waals surface area contributed by atoms with Crippen molar-refractivity contribution in [3.05, 3.63) is 0 Å². The van der Waals surface area contributed by atoms with Gasteiger partial charge in [0.1, 0.15) is 0 Å².